The highest BCUT2D eigenvalue weighted by Crippen LogP contribution is 2.38. The molecule has 3 aromatic carbocycles. The summed E-state index contributed by atoms with van der Waals surface area (Å²) in [5, 5.41) is 10.0. The first-order valence-corrected chi connectivity index (χ1v) is 8.07. The second kappa shape index (κ2) is 6.75. The molecule has 0 fully saturated rings. The van der Waals surface area contributed by atoms with E-state index < -0.39 is 17.5 Å². The normalized spacial score (nSPS) is 10.8. The van der Waals surface area contributed by atoms with Gasteiger partial charge in [0.1, 0.15) is 23.2 Å². The summed E-state index contributed by atoms with van der Waals surface area (Å²) < 4.78 is 42.6. The zero-order chi connectivity index (χ0) is 19.0. The maximum atomic E-state index is 14.7. The van der Waals surface area contributed by atoms with Crippen LogP contribution in [0.15, 0.2) is 48.5 Å². The molecule has 134 valence electrons. The summed E-state index contributed by atoms with van der Waals surface area (Å²) >= 11 is 0. The van der Waals surface area contributed by atoms with Gasteiger partial charge in [-0.3, -0.25) is 0 Å². The minimum absolute atomic E-state index is 0.0626. The van der Waals surface area contributed by atoms with Crippen LogP contribution in [0.25, 0.3) is 11.1 Å². The third-order valence-electron chi connectivity index (χ3n) is 4.45. The molecule has 3 aromatic rings. The molecule has 0 radical (unpaired) electrons. The van der Waals surface area contributed by atoms with Gasteiger partial charge in [-0.2, -0.15) is 0 Å². The number of anilines is 2. The quantitative estimate of drug-likeness (QED) is 0.634. The molecule has 2 nitrogen and oxygen atoms in total. The standard InChI is InChI=1S/C21H18F3NO/c1-12-9-19(26)13(2)21(20(12)24)25(3)18-11-15(7-8-17(18)23)14-5-4-6-16(22)10-14/h4-11,26H,1-3H3. The number of rotatable bonds is 3. The molecule has 0 aliphatic carbocycles. The molecular formula is C21H18F3NO. The van der Waals surface area contributed by atoms with Crippen molar-refractivity contribution >= 4 is 11.4 Å². The number of hydrogen-bond acceptors (Lipinski definition) is 2. The van der Waals surface area contributed by atoms with E-state index in [0.717, 1.165) is 0 Å². The number of benzene rings is 3. The summed E-state index contributed by atoms with van der Waals surface area (Å²) in [5.74, 6) is -1.54. The minimum atomic E-state index is -0.549. The maximum absolute atomic E-state index is 14.7. The van der Waals surface area contributed by atoms with E-state index in [1.54, 1.807) is 25.1 Å². The Hall–Kier alpha value is -2.95. The molecule has 0 saturated heterocycles. The molecule has 0 aromatic heterocycles. The van der Waals surface area contributed by atoms with Crippen molar-refractivity contribution in [2.24, 2.45) is 0 Å². The van der Waals surface area contributed by atoms with Crippen LogP contribution in [0.3, 0.4) is 0 Å². The van der Waals surface area contributed by atoms with E-state index in [9.17, 15) is 18.3 Å². The third kappa shape index (κ3) is 3.12. The average molecular weight is 357 g/mol. The summed E-state index contributed by atoms with van der Waals surface area (Å²) in [5.41, 5.74) is 1.98. The van der Waals surface area contributed by atoms with Gasteiger partial charge in [-0.15, -0.1) is 0 Å². The minimum Gasteiger partial charge on any atom is -0.508 e. The van der Waals surface area contributed by atoms with Crippen LogP contribution in [-0.2, 0) is 0 Å². The van der Waals surface area contributed by atoms with Crippen molar-refractivity contribution in [3.8, 4) is 16.9 Å². The lowest BCUT2D eigenvalue weighted by Crippen LogP contribution is -2.15. The van der Waals surface area contributed by atoms with Crippen molar-refractivity contribution in [2.45, 2.75) is 13.8 Å². The van der Waals surface area contributed by atoms with Crippen LogP contribution in [0.2, 0.25) is 0 Å². The Morgan fingerprint density at radius 2 is 1.58 bits per heavy atom. The van der Waals surface area contributed by atoms with Crippen molar-refractivity contribution in [3.05, 3.63) is 77.1 Å². The average Bonchev–Trinajstić information content (AvgIpc) is 2.60. The second-order valence-corrected chi connectivity index (χ2v) is 6.24. The molecule has 0 heterocycles. The van der Waals surface area contributed by atoms with Crippen LogP contribution in [0, 0.1) is 31.3 Å². The first-order chi connectivity index (χ1) is 12.3. The van der Waals surface area contributed by atoms with Crippen molar-refractivity contribution in [1.82, 2.24) is 0 Å². The molecule has 0 amide bonds. The summed E-state index contributed by atoms with van der Waals surface area (Å²) in [7, 11) is 1.53. The van der Waals surface area contributed by atoms with Crippen LogP contribution in [0.1, 0.15) is 11.1 Å². The molecule has 0 unspecified atom stereocenters. The maximum Gasteiger partial charge on any atom is 0.150 e. The third-order valence-corrected chi connectivity index (χ3v) is 4.45. The molecule has 0 bridgehead atoms. The molecule has 0 saturated carbocycles. The monoisotopic (exact) mass is 357 g/mol. The number of phenolic OH excluding ortho intramolecular Hbond substituents is 1. The zero-order valence-corrected chi connectivity index (χ0v) is 14.6. The molecule has 0 aliphatic heterocycles. The fourth-order valence-corrected chi connectivity index (χ4v) is 2.99. The van der Waals surface area contributed by atoms with E-state index >= 15 is 0 Å². The smallest absolute Gasteiger partial charge is 0.150 e. The predicted octanol–water partition coefficient (Wildman–Crippen LogP) is 5.86. The van der Waals surface area contributed by atoms with Gasteiger partial charge in [0.05, 0.1) is 11.4 Å². The highest BCUT2D eigenvalue weighted by Gasteiger charge is 2.20. The lowest BCUT2D eigenvalue weighted by atomic mass is 10.0. The Kier molecular flexibility index (Phi) is 4.64. The van der Waals surface area contributed by atoms with Gasteiger partial charge in [0.15, 0.2) is 0 Å². The fraction of sp³-hybridized carbons (Fsp3) is 0.143. The fourth-order valence-electron chi connectivity index (χ4n) is 2.99. The molecular weight excluding hydrogens is 339 g/mol. The highest BCUT2D eigenvalue weighted by molar-refractivity contribution is 5.75. The lowest BCUT2D eigenvalue weighted by Gasteiger charge is -2.24. The number of halogens is 3. The molecule has 0 atom stereocenters. The largest absolute Gasteiger partial charge is 0.508 e. The summed E-state index contributed by atoms with van der Waals surface area (Å²) in [6.07, 6.45) is 0. The summed E-state index contributed by atoms with van der Waals surface area (Å²) in [4.78, 5) is 1.36. The molecule has 5 heteroatoms. The van der Waals surface area contributed by atoms with Crippen molar-refractivity contribution in [3.63, 3.8) is 0 Å². The van der Waals surface area contributed by atoms with Gasteiger partial charge in [0, 0.05) is 12.6 Å². The number of hydrogen-bond donors (Lipinski definition) is 1. The van der Waals surface area contributed by atoms with Gasteiger partial charge in [-0.25, -0.2) is 13.2 Å². The second-order valence-electron chi connectivity index (χ2n) is 6.24. The van der Waals surface area contributed by atoms with Crippen LogP contribution in [-0.4, -0.2) is 12.2 Å². The van der Waals surface area contributed by atoms with Gasteiger partial charge >= 0.3 is 0 Å². The molecule has 0 spiro atoms. The van der Waals surface area contributed by atoms with Gasteiger partial charge < -0.3 is 10.0 Å². The zero-order valence-electron chi connectivity index (χ0n) is 14.6. The molecule has 1 N–H and O–H groups in total. The Balaban J connectivity index is 2.14. The first kappa shape index (κ1) is 17.9. The van der Waals surface area contributed by atoms with Crippen LogP contribution in [0.4, 0.5) is 24.5 Å². The Morgan fingerprint density at radius 1 is 0.885 bits per heavy atom. The Bertz CT molecular complexity index is 959. The van der Waals surface area contributed by atoms with E-state index in [0.29, 0.717) is 16.7 Å². The topological polar surface area (TPSA) is 23.5 Å². The van der Waals surface area contributed by atoms with Crippen LogP contribution in [0.5, 0.6) is 5.75 Å². The van der Waals surface area contributed by atoms with Crippen molar-refractivity contribution < 1.29 is 18.3 Å². The predicted molar refractivity (Wildman–Crippen MR) is 97.4 cm³/mol. The van der Waals surface area contributed by atoms with Gasteiger partial charge in [-0.05, 0) is 60.9 Å². The van der Waals surface area contributed by atoms with Gasteiger partial charge in [0.2, 0.25) is 0 Å². The van der Waals surface area contributed by atoms with Crippen molar-refractivity contribution in [1.29, 1.82) is 0 Å². The summed E-state index contributed by atoms with van der Waals surface area (Å²) in [6, 6.07) is 11.6. The van der Waals surface area contributed by atoms with Crippen molar-refractivity contribution in [2.75, 3.05) is 11.9 Å². The van der Waals surface area contributed by atoms with E-state index in [1.807, 2.05) is 0 Å². The first-order valence-electron chi connectivity index (χ1n) is 8.07. The lowest BCUT2D eigenvalue weighted by molar-refractivity contribution is 0.468. The molecule has 26 heavy (non-hydrogen) atoms. The molecule has 3 rings (SSSR count). The Labute approximate surface area is 150 Å². The van der Waals surface area contributed by atoms with Crippen LogP contribution >= 0.6 is 0 Å². The van der Waals surface area contributed by atoms with E-state index in [4.69, 9.17) is 0 Å². The van der Waals surface area contributed by atoms with Gasteiger partial charge in [0.25, 0.3) is 0 Å². The Morgan fingerprint density at radius 3 is 2.27 bits per heavy atom. The SMILES string of the molecule is Cc1cc(O)c(C)c(N(C)c2cc(-c3cccc(F)c3)ccc2F)c1F. The van der Waals surface area contributed by atoms with Gasteiger partial charge in [-0.1, -0.05) is 18.2 Å². The van der Waals surface area contributed by atoms with E-state index in [2.05, 4.69) is 0 Å². The number of aryl methyl sites for hydroxylation is 1. The summed E-state index contributed by atoms with van der Waals surface area (Å²) in [6.45, 7) is 3.10. The van der Waals surface area contributed by atoms with E-state index in [-0.39, 0.29) is 22.7 Å². The number of aromatic hydroxyl groups is 1. The number of nitrogens with zero attached hydrogens (tertiary/aromatic N) is 1. The number of phenols is 1. The highest BCUT2D eigenvalue weighted by atomic mass is 19.1. The molecule has 0 aliphatic rings. The van der Waals surface area contributed by atoms with Crippen LogP contribution < -0.4 is 4.90 Å². The van der Waals surface area contributed by atoms with E-state index in [1.165, 1.54) is 49.2 Å².